The first kappa shape index (κ1) is 17.5. The van der Waals surface area contributed by atoms with Gasteiger partial charge in [0, 0.05) is 5.56 Å². The number of rotatable bonds is 5. The van der Waals surface area contributed by atoms with Gasteiger partial charge in [-0.3, -0.25) is 0 Å². The average molecular weight is 378 g/mol. The van der Waals surface area contributed by atoms with Crippen LogP contribution in [0.2, 0.25) is 0 Å². The molecule has 0 saturated carbocycles. The third-order valence-electron chi connectivity index (χ3n) is 4.69. The minimum absolute atomic E-state index is 0.221. The molecule has 0 aliphatic heterocycles. The zero-order valence-corrected chi connectivity index (χ0v) is 15.8. The molecular weight excluding hydrogens is 358 g/mol. The molecule has 2 N–H and O–H groups in total. The molecule has 27 heavy (non-hydrogen) atoms. The normalized spacial score (nSPS) is 12.4. The summed E-state index contributed by atoms with van der Waals surface area (Å²) in [6.07, 6.45) is 2.46. The molecule has 0 saturated heterocycles. The molecular formula is C21H20ClN5. The predicted octanol–water partition coefficient (Wildman–Crippen LogP) is 4.62. The summed E-state index contributed by atoms with van der Waals surface area (Å²) in [5.41, 5.74) is 10.9. The van der Waals surface area contributed by atoms with Gasteiger partial charge in [0.25, 0.3) is 0 Å². The fourth-order valence-corrected chi connectivity index (χ4v) is 3.45. The van der Waals surface area contributed by atoms with Crippen molar-refractivity contribution in [2.75, 3.05) is 5.73 Å². The Bertz CT molecular complexity index is 1060. The van der Waals surface area contributed by atoms with Crippen molar-refractivity contribution in [1.29, 1.82) is 0 Å². The lowest BCUT2D eigenvalue weighted by Gasteiger charge is -2.10. The highest BCUT2D eigenvalue weighted by atomic mass is 35.5. The molecule has 0 aliphatic carbocycles. The summed E-state index contributed by atoms with van der Waals surface area (Å²) in [7, 11) is 0. The van der Waals surface area contributed by atoms with E-state index in [-0.39, 0.29) is 5.38 Å². The van der Waals surface area contributed by atoms with Crippen molar-refractivity contribution in [3.63, 3.8) is 0 Å². The summed E-state index contributed by atoms with van der Waals surface area (Å²) in [5.74, 6) is 0.423. The van der Waals surface area contributed by atoms with Gasteiger partial charge in [-0.15, -0.1) is 11.6 Å². The molecule has 2 aromatic carbocycles. The lowest BCUT2D eigenvalue weighted by atomic mass is 10.1. The lowest BCUT2D eigenvalue weighted by molar-refractivity contribution is 0.617. The van der Waals surface area contributed by atoms with Crippen molar-refractivity contribution in [3.05, 3.63) is 72.1 Å². The van der Waals surface area contributed by atoms with Crippen LogP contribution in [0.4, 0.5) is 5.82 Å². The highest BCUT2D eigenvalue weighted by molar-refractivity contribution is 6.20. The maximum Gasteiger partial charge on any atom is 0.164 e. The minimum Gasteiger partial charge on any atom is -0.383 e. The molecule has 0 fully saturated rings. The summed E-state index contributed by atoms with van der Waals surface area (Å²) < 4.78 is 1.82. The molecule has 2 heterocycles. The van der Waals surface area contributed by atoms with Crippen molar-refractivity contribution < 1.29 is 0 Å². The van der Waals surface area contributed by atoms with Crippen molar-refractivity contribution in [1.82, 2.24) is 19.7 Å². The number of nitrogens with two attached hydrogens (primary N) is 1. The number of hydrogen-bond donors (Lipinski definition) is 1. The Morgan fingerprint density at radius 3 is 2.48 bits per heavy atom. The van der Waals surface area contributed by atoms with Gasteiger partial charge < -0.3 is 5.73 Å². The number of aromatic nitrogens is 4. The van der Waals surface area contributed by atoms with Crippen molar-refractivity contribution in [2.45, 2.75) is 25.3 Å². The van der Waals surface area contributed by atoms with Gasteiger partial charge in [-0.05, 0) is 17.5 Å². The van der Waals surface area contributed by atoms with Gasteiger partial charge in [-0.25, -0.2) is 14.6 Å². The summed E-state index contributed by atoms with van der Waals surface area (Å²) in [6, 6.07) is 18.3. The van der Waals surface area contributed by atoms with Crippen LogP contribution in [0.15, 0.2) is 60.9 Å². The van der Waals surface area contributed by atoms with Gasteiger partial charge in [0.2, 0.25) is 0 Å². The van der Waals surface area contributed by atoms with Crippen LogP contribution in [0, 0.1) is 0 Å². The molecule has 1 unspecified atom stereocenters. The summed E-state index contributed by atoms with van der Waals surface area (Å²) in [4.78, 5) is 8.58. The van der Waals surface area contributed by atoms with E-state index in [0.717, 1.165) is 28.6 Å². The topological polar surface area (TPSA) is 69.6 Å². The van der Waals surface area contributed by atoms with Crippen LogP contribution in [0.25, 0.3) is 22.3 Å². The number of halogens is 1. The molecule has 6 heteroatoms. The molecule has 5 nitrogen and oxygen atoms in total. The fraction of sp³-hybridized carbons (Fsp3) is 0.190. The van der Waals surface area contributed by atoms with Crippen LogP contribution in [-0.2, 0) is 13.0 Å². The van der Waals surface area contributed by atoms with E-state index in [1.165, 1.54) is 11.9 Å². The van der Waals surface area contributed by atoms with Gasteiger partial charge in [-0.1, -0.05) is 61.5 Å². The van der Waals surface area contributed by atoms with Crippen LogP contribution in [-0.4, -0.2) is 19.7 Å². The van der Waals surface area contributed by atoms with E-state index < -0.39 is 0 Å². The van der Waals surface area contributed by atoms with E-state index in [9.17, 15) is 0 Å². The number of nitrogens with zero attached hydrogens (tertiary/aromatic N) is 4. The van der Waals surface area contributed by atoms with E-state index in [2.05, 4.69) is 41.2 Å². The van der Waals surface area contributed by atoms with E-state index in [4.69, 9.17) is 22.4 Å². The minimum atomic E-state index is -0.221. The van der Waals surface area contributed by atoms with Gasteiger partial charge in [0.15, 0.2) is 5.65 Å². The van der Waals surface area contributed by atoms with Crippen LogP contribution >= 0.6 is 11.6 Å². The third-order valence-corrected chi connectivity index (χ3v) is 5.08. The highest BCUT2D eigenvalue weighted by Gasteiger charge is 2.19. The average Bonchev–Trinajstić information content (AvgIpc) is 3.08. The second-order valence-corrected chi connectivity index (χ2v) is 6.94. The second-order valence-electron chi connectivity index (χ2n) is 6.42. The molecule has 0 radical (unpaired) electrons. The number of fused-ring (bicyclic) bond motifs is 1. The largest absolute Gasteiger partial charge is 0.383 e. The molecule has 0 bridgehead atoms. The Morgan fingerprint density at radius 1 is 1.04 bits per heavy atom. The fourth-order valence-electron chi connectivity index (χ4n) is 3.18. The Morgan fingerprint density at radius 2 is 1.78 bits per heavy atom. The van der Waals surface area contributed by atoms with Crippen molar-refractivity contribution in [3.8, 4) is 11.3 Å². The van der Waals surface area contributed by atoms with Gasteiger partial charge in [0.1, 0.15) is 17.8 Å². The summed E-state index contributed by atoms with van der Waals surface area (Å²) >= 11 is 6.64. The quantitative estimate of drug-likeness (QED) is 0.515. The molecule has 0 aliphatic rings. The molecule has 4 rings (SSSR count). The number of anilines is 1. The highest BCUT2D eigenvalue weighted by Crippen LogP contribution is 2.32. The molecule has 4 aromatic rings. The number of aryl methyl sites for hydroxylation is 1. The van der Waals surface area contributed by atoms with Gasteiger partial charge >= 0.3 is 0 Å². The molecule has 136 valence electrons. The lowest BCUT2D eigenvalue weighted by Crippen LogP contribution is -2.07. The van der Waals surface area contributed by atoms with E-state index >= 15 is 0 Å². The Labute approximate surface area is 162 Å². The summed E-state index contributed by atoms with van der Waals surface area (Å²) in [5, 5.41) is 5.33. The Hall–Kier alpha value is -2.92. The monoisotopic (exact) mass is 377 g/mol. The standard InChI is InChI=1S/C21H20ClN5/c1-2-14-8-10-16(11-9-14)19-18-20(23)24-13-25-21(18)27(26-19)12-17(22)15-6-4-3-5-7-15/h3-11,13,17H,2,12H2,1H3,(H2,23,24,25). The predicted molar refractivity (Wildman–Crippen MR) is 110 cm³/mol. The van der Waals surface area contributed by atoms with Crippen LogP contribution in [0.5, 0.6) is 0 Å². The smallest absolute Gasteiger partial charge is 0.164 e. The third kappa shape index (κ3) is 3.38. The van der Waals surface area contributed by atoms with Crippen LogP contribution < -0.4 is 5.73 Å². The molecule has 2 aromatic heterocycles. The second kappa shape index (κ2) is 7.37. The van der Waals surface area contributed by atoms with Crippen LogP contribution in [0.3, 0.4) is 0 Å². The number of alkyl halides is 1. The number of nitrogen functional groups attached to an aromatic ring is 1. The number of hydrogen-bond acceptors (Lipinski definition) is 4. The zero-order valence-electron chi connectivity index (χ0n) is 15.0. The van der Waals surface area contributed by atoms with Crippen molar-refractivity contribution in [2.24, 2.45) is 0 Å². The first-order chi connectivity index (χ1) is 13.2. The first-order valence-corrected chi connectivity index (χ1v) is 9.36. The molecule has 0 amide bonds. The van der Waals surface area contributed by atoms with Crippen LogP contribution in [0.1, 0.15) is 23.4 Å². The maximum absolute atomic E-state index is 6.64. The SMILES string of the molecule is CCc1ccc(-c2nn(CC(Cl)c3ccccc3)c3ncnc(N)c23)cc1. The van der Waals surface area contributed by atoms with E-state index in [1.54, 1.807) is 0 Å². The zero-order chi connectivity index (χ0) is 18.8. The van der Waals surface area contributed by atoms with Crippen molar-refractivity contribution >= 4 is 28.5 Å². The molecule has 1 atom stereocenters. The molecule has 0 spiro atoms. The Balaban J connectivity index is 1.79. The maximum atomic E-state index is 6.64. The van der Waals surface area contributed by atoms with Gasteiger partial charge in [0.05, 0.1) is 17.3 Å². The Kier molecular flexibility index (Phi) is 4.77. The van der Waals surface area contributed by atoms with E-state index in [0.29, 0.717) is 18.0 Å². The van der Waals surface area contributed by atoms with E-state index in [1.807, 2.05) is 35.0 Å². The van der Waals surface area contributed by atoms with Gasteiger partial charge in [-0.2, -0.15) is 5.10 Å². The summed E-state index contributed by atoms with van der Waals surface area (Å²) in [6.45, 7) is 2.63. The number of benzene rings is 2. The first-order valence-electron chi connectivity index (χ1n) is 8.92.